The number of hydrogen-bond donors (Lipinski definition) is 3. The minimum atomic E-state index is -0.793. The highest BCUT2D eigenvalue weighted by molar-refractivity contribution is 5.84. The Labute approximate surface area is 205 Å². The molecule has 0 saturated heterocycles. The lowest BCUT2D eigenvalue weighted by molar-refractivity contribution is -0.132. The third kappa shape index (κ3) is 7.03. The summed E-state index contributed by atoms with van der Waals surface area (Å²) in [5, 5.41) is 7.15. The number of ether oxygens (including phenoxy) is 1. The first-order chi connectivity index (χ1) is 16.7. The Balaban J connectivity index is 1.49. The molecule has 190 valence electrons. The van der Waals surface area contributed by atoms with E-state index in [1.165, 1.54) is 6.92 Å². The van der Waals surface area contributed by atoms with Crippen LogP contribution in [0.25, 0.3) is 0 Å². The number of carbonyl (C=O) groups is 3. The zero-order chi connectivity index (χ0) is 25.4. The number of carbonyl (C=O) groups excluding carboxylic acids is 3. The predicted molar refractivity (Wildman–Crippen MR) is 128 cm³/mol. The van der Waals surface area contributed by atoms with Crippen molar-refractivity contribution in [2.24, 2.45) is 0 Å². The normalized spacial score (nSPS) is 16.0. The number of aryl methyl sites for hydroxylation is 2. The monoisotopic (exact) mass is 485 g/mol. The van der Waals surface area contributed by atoms with Gasteiger partial charge < -0.3 is 14.6 Å². The molecule has 0 aliphatic heterocycles. The first-order valence-corrected chi connectivity index (χ1v) is 12.1. The van der Waals surface area contributed by atoms with E-state index in [-0.39, 0.29) is 18.7 Å². The molecule has 10 heteroatoms. The molecule has 1 unspecified atom stereocenters. The van der Waals surface area contributed by atoms with Gasteiger partial charge in [0.2, 0.25) is 17.7 Å². The van der Waals surface area contributed by atoms with E-state index in [4.69, 9.17) is 9.26 Å². The number of rotatable bonds is 8. The summed E-state index contributed by atoms with van der Waals surface area (Å²) in [4.78, 5) is 40.9. The quantitative estimate of drug-likeness (QED) is 0.386. The van der Waals surface area contributed by atoms with Gasteiger partial charge in [-0.25, -0.2) is 0 Å². The second kappa shape index (κ2) is 11.8. The number of nitrogens with zero attached hydrogens (tertiary/aromatic N) is 2. The number of aromatic nitrogens is 2. The van der Waals surface area contributed by atoms with Gasteiger partial charge in [-0.2, -0.15) is 4.98 Å². The standard InChI is InChI=1S/C25H35N5O5/c1-16-10-9-11-20(17(16)2)34-18(3)23(33)29-28-21(32)12-13-22-26-24(30-35-22)25(27-19(4)31)14-7-5-6-8-15-25/h9-11,18H,5-8,12-15H2,1-4H3,(H,27,31)(H,28,32)(H,29,33). The smallest absolute Gasteiger partial charge is 0.279 e. The second-order valence-corrected chi connectivity index (χ2v) is 9.18. The summed E-state index contributed by atoms with van der Waals surface area (Å²) in [6.45, 7) is 6.99. The van der Waals surface area contributed by atoms with Crippen molar-refractivity contribution in [3.8, 4) is 5.75 Å². The molecule has 10 nitrogen and oxygen atoms in total. The van der Waals surface area contributed by atoms with Gasteiger partial charge in [-0.1, -0.05) is 43.0 Å². The summed E-state index contributed by atoms with van der Waals surface area (Å²) in [7, 11) is 0. The van der Waals surface area contributed by atoms with Crippen molar-refractivity contribution in [1.82, 2.24) is 26.3 Å². The third-order valence-electron chi connectivity index (χ3n) is 6.39. The summed E-state index contributed by atoms with van der Waals surface area (Å²) < 4.78 is 11.1. The van der Waals surface area contributed by atoms with E-state index >= 15 is 0 Å². The molecule has 3 rings (SSSR count). The number of amides is 3. The Kier molecular flexibility index (Phi) is 8.84. The van der Waals surface area contributed by atoms with Gasteiger partial charge in [-0.3, -0.25) is 25.2 Å². The highest BCUT2D eigenvalue weighted by Crippen LogP contribution is 2.34. The first kappa shape index (κ1) is 26.2. The Morgan fingerprint density at radius 2 is 1.83 bits per heavy atom. The third-order valence-corrected chi connectivity index (χ3v) is 6.39. The molecule has 3 amide bonds. The van der Waals surface area contributed by atoms with E-state index < -0.39 is 23.5 Å². The van der Waals surface area contributed by atoms with Crippen LogP contribution >= 0.6 is 0 Å². The van der Waals surface area contributed by atoms with Crippen molar-refractivity contribution >= 4 is 17.7 Å². The number of hydrogen-bond acceptors (Lipinski definition) is 7. The summed E-state index contributed by atoms with van der Waals surface area (Å²) in [5.41, 5.74) is 6.17. The van der Waals surface area contributed by atoms with Crippen molar-refractivity contribution in [3.63, 3.8) is 0 Å². The molecule has 1 fully saturated rings. The highest BCUT2D eigenvalue weighted by Gasteiger charge is 2.38. The van der Waals surface area contributed by atoms with E-state index in [0.717, 1.165) is 49.7 Å². The summed E-state index contributed by atoms with van der Waals surface area (Å²) in [5.74, 6) is 0.381. The summed E-state index contributed by atoms with van der Waals surface area (Å²) in [6, 6.07) is 5.63. The van der Waals surface area contributed by atoms with Crippen molar-refractivity contribution < 1.29 is 23.6 Å². The van der Waals surface area contributed by atoms with E-state index in [9.17, 15) is 14.4 Å². The molecular weight excluding hydrogens is 450 g/mol. The molecule has 0 bridgehead atoms. The van der Waals surface area contributed by atoms with Crippen LogP contribution < -0.4 is 20.9 Å². The van der Waals surface area contributed by atoms with Crippen molar-refractivity contribution in [1.29, 1.82) is 0 Å². The number of nitrogens with one attached hydrogen (secondary N) is 3. The lowest BCUT2D eigenvalue weighted by Gasteiger charge is -2.30. The SMILES string of the molecule is CC(=O)NC1(c2noc(CCC(=O)NNC(=O)C(C)Oc3cccc(C)c3C)n2)CCCCCC1. The van der Waals surface area contributed by atoms with Gasteiger partial charge in [-0.15, -0.1) is 0 Å². The minimum absolute atomic E-state index is 0.0429. The average Bonchev–Trinajstić information content (AvgIpc) is 3.18. The van der Waals surface area contributed by atoms with Crippen LogP contribution in [0, 0.1) is 13.8 Å². The molecule has 1 aromatic carbocycles. The van der Waals surface area contributed by atoms with Gasteiger partial charge in [0.05, 0.1) is 0 Å². The fourth-order valence-electron chi connectivity index (χ4n) is 4.24. The van der Waals surface area contributed by atoms with Crippen molar-refractivity contribution in [2.45, 2.75) is 90.7 Å². The zero-order valence-electron chi connectivity index (χ0n) is 20.9. The number of benzene rings is 1. The van der Waals surface area contributed by atoms with E-state index in [1.807, 2.05) is 26.0 Å². The van der Waals surface area contributed by atoms with Crippen LogP contribution in [-0.2, 0) is 26.3 Å². The largest absolute Gasteiger partial charge is 0.481 e. The van der Waals surface area contributed by atoms with Crippen molar-refractivity contribution in [2.75, 3.05) is 0 Å². The van der Waals surface area contributed by atoms with Gasteiger partial charge in [0.25, 0.3) is 5.91 Å². The van der Waals surface area contributed by atoms with Crippen LogP contribution in [0.5, 0.6) is 5.75 Å². The average molecular weight is 486 g/mol. The topological polar surface area (TPSA) is 135 Å². The van der Waals surface area contributed by atoms with Gasteiger partial charge in [0.1, 0.15) is 11.3 Å². The zero-order valence-corrected chi connectivity index (χ0v) is 20.9. The molecule has 2 aromatic rings. The molecule has 0 spiro atoms. The molecule has 1 saturated carbocycles. The summed E-state index contributed by atoms with van der Waals surface area (Å²) in [6.07, 6.45) is 5.11. The van der Waals surface area contributed by atoms with Crippen LogP contribution in [-0.4, -0.2) is 34.0 Å². The van der Waals surface area contributed by atoms with Gasteiger partial charge in [0.15, 0.2) is 11.9 Å². The molecule has 1 aromatic heterocycles. The van der Waals surface area contributed by atoms with Gasteiger partial charge in [-0.05, 0) is 50.8 Å². The highest BCUT2D eigenvalue weighted by atomic mass is 16.5. The molecule has 1 aliphatic carbocycles. The molecule has 1 heterocycles. The van der Waals surface area contributed by atoms with E-state index in [1.54, 1.807) is 13.0 Å². The molecule has 1 atom stereocenters. The number of hydrazine groups is 1. The van der Waals surface area contributed by atoms with Crippen LogP contribution in [0.4, 0.5) is 0 Å². The van der Waals surface area contributed by atoms with Gasteiger partial charge in [0, 0.05) is 19.8 Å². The molecule has 35 heavy (non-hydrogen) atoms. The maximum Gasteiger partial charge on any atom is 0.279 e. The Morgan fingerprint density at radius 1 is 1.11 bits per heavy atom. The lowest BCUT2D eigenvalue weighted by atomic mass is 9.89. The van der Waals surface area contributed by atoms with E-state index in [0.29, 0.717) is 17.5 Å². The lowest BCUT2D eigenvalue weighted by Crippen LogP contribution is -2.47. The summed E-state index contributed by atoms with van der Waals surface area (Å²) >= 11 is 0. The fraction of sp³-hybridized carbons (Fsp3) is 0.560. The minimum Gasteiger partial charge on any atom is -0.481 e. The van der Waals surface area contributed by atoms with Crippen LogP contribution in [0.15, 0.2) is 22.7 Å². The van der Waals surface area contributed by atoms with E-state index in [2.05, 4.69) is 26.3 Å². The van der Waals surface area contributed by atoms with Crippen LogP contribution in [0.3, 0.4) is 0 Å². The van der Waals surface area contributed by atoms with Crippen LogP contribution in [0.1, 0.15) is 81.6 Å². The fourth-order valence-corrected chi connectivity index (χ4v) is 4.24. The second-order valence-electron chi connectivity index (χ2n) is 9.18. The maximum atomic E-state index is 12.3. The Hall–Kier alpha value is -3.43. The maximum absolute atomic E-state index is 12.3. The van der Waals surface area contributed by atoms with Crippen molar-refractivity contribution in [3.05, 3.63) is 41.0 Å². The molecule has 3 N–H and O–H groups in total. The Morgan fingerprint density at radius 3 is 2.51 bits per heavy atom. The molecule has 1 aliphatic rings. The Bertz CT molecular complexity index is 1040. The van der Waals surface area contributed by atoms with Crippen LogP contribution in [0.2, 0.25) is 0 Å². The molecular formula is C25H35N5O5. The predicted octanol–water partition coefficient (Wildman–Crippen LogP) is 2.92. The van der Waals surface area contributed by atoms with Gasteiger partial charge >= 0.3 is 0 Å². The first-order valence-electron chi connectivity index (χ1n) is 12.1. The molecule has 0 radical (unpaired) electrons.